The molecule has 2 aliphatic heterocycles. The number of carbonyl (C=O) groups excluding carboxylic acids is 2. The normalized spacial score (nSPS) is 20.4. The summed E-state index contributed by atoms with van der Waals surface area (Å²) >= 11 is 12.4. The number of likely N-dealkylation sites (tertiary alicyclic amines) is 1. The largest absolute Gasteiger partial charge is 0.507 e. The highest BCUT2D eigenvalue weighted by Crippen LogP contribution is 2.41. The van der Waals surface area contributed by atoms with Gasteiger partial charge in [0.05, 0.1) is 39.8 Å². The number of amides is 1. The van der Waals surface area contributed by atoms with Crippen molar-refractivity contribution in [3.63, 3.8) is 0 Å². The molecule has 0 radical (unpaired) electrons. The van der Waals surface area contributed by atoms with Crippen molar-refractivity contribution in [1.29, 1.82) is 0 Å². The minimum absolute atomic E-state index is 0.0312. The van der Waals surface area contributed by atoms with Gasteiger partial charge in [0.15, 0.2) is 0 Å². The summed E-state index contributed by atoms with van der Waals surface area (Å²) in [6.45, 7) is 3.92. The number of ether oxygens (including phenoxy) is 1. The quantitative estimate of drug-likeness (QED) is 0.289. The van der Waals surface area contributed by atoms with Gasteiger partial charge in [-0.15, -0.1) is 0 Å². The number of sulfonamides is 1. The molecule has 0 saturated carbocycles. The summed E-state index contributed by atoms with van der Waals surface area (Å²) in [5, 5.41) is 11.8. The Labute approximate surface area is 232 Å². The number of hydrogen-bond donors (Lipinski definition) is 1. The van der Waals surface area contributed by atoms with Gasteiger partial charge in [-0.3, -0.25) is 14.5 Å². The van der Waals surface area contributed by atoms with Gasteiger partial charge < -0.3 is 14.7 Å². The third-order valence-corrected chi connectivity index (χ3v) is 9.25. The predicted octanol–water partition coefficient (Wildman–Crippen LogP) is 3.39. The number of aliphatic hydroxyl groups is 1. The van der Waals surface area contributed by atoms with Gasteiger partial charge in [0.25, 0.3) is 11.7 Å². The fraction of sp³-hybridized carbons (Fsp3) is 0.385. The minimum Gasteiger partial charge on any atom is -0.507 e. The van der Waals surface area contributed by atoms with Gasteiger partial charge in [0, 0.05) is 45.8 Å². The molecule has 0 spiro atoms. The first-order chi connectivity index (χ1) is 18.0. The molecule has 12 heteroatoms. The second-order valence-electron chi connectivity index (χ2n) is 9.29. The molecule has 0 aliphatic carbocycles. The van der Waals surface area contributed by atoms with Crippen molar-refractivity contribution in [2.75, 3.05) is 53.5 Å². The van der Waals surface area contributed by atoms with Gasteiger partial charge in [-0.05, 0) is 48.4 Å². The van der Waals surface area contributed by atoms with Crippen LogP contribution < -0.4 is 0 Å². The van der Waals surface area contributed by atoms with E-state index in [0.717, 1.165) is 23.9 Å². The maximum atomic E-state index is 13.2. The monoisotopic (exact) mass is 581 g/mol. The fourth-order valence-electron chi connectivity index (χ4n) is 4.58. The third kappa shape index (κ3) is 5.75. The maximum Gasteiger partial charge on any atom is 0.295 e. The van der Waals surface area contributed by atoms with Gasteiger partial charge in [0.1, 0.15) is 5.76 Å². The zero-order valence-electron chi connectivity index (χ0n) is 21.1. The molecule has 2 heterocycles. The highest BCUT2D eigenvalue weighted by atomic mass is 35.5. The second kappa shape index (κ2) is 11.7. The minimum atomic E-state index is -3.68. The van der Waals surface area contributed by atoms with Crippen LogP contribution in [0, 0.1) is 0 Å². The highest BCUT2D eigenvalue weighted by molar-refractivity contribution is 7.89. The Kier molecular flexibility index (Phi) is 8.81. The highest BCUT2D eigenvalue weighted by Gasteiger charge is 2.46. The van der Waals surface area contributed by atoms with Crippen molar-refractivity contribution in [2.24, 2.45) is 0 Å². The van der Waals surface area contributed by atoms with Crippen LogP contribution in [0.2, 0.25) is 10.0 Å². The van der Waals surface area contributed by atoms with E-state index in [9.17, 15) is 23.1 Å². The van der Waals surface area contributed by atoms with Crippen molar-refractivity contribution < 1.29 is 27.9 Å². The fourth-order valence-corrected chi connectivity index (χ4v) is 5.79. The average Bonchev–Trinajstić information content (AvgIpc) is 3.15. The van der Waals surface area contributed by atoms with Crippen molar-refractivity contribution in [2.45, 2.75) is 17.4 Å². The smallest absolute Gasteiger partial charge is 0.295 e. The molecule has 9 nitrogen and oxygen atoms in total. The molecule has 204 valence electrons. The lowest BCUT2D eigenvalue weighted by molar-refractivity contribution is -0.140. The topological polar surface area (TPSA) is 107 Å². The molecule has 2 saturated heterocycles. The number of nitrogens with zero attached hydrogens (tertiary/aromatic N) is 3. The molecule has 2 aromatic carbocycles. The Balaban J connectivity index is 1.71. The van der Waals surface area contributed by atoms with E-state index in [1.54, 1.807) is 18.2 Å². The van der Waals surface area contributed by atoms with Gasteiger partial charge in [-0.2, -0.15) is 0 Å². The van der Waals surface area contributed by atoms with Gasteiger partial charge in [0.2, 0.25) is 10.0 Å². The standard InChI is InChI=1S/C26H29Cl2N3O6S/c1-29(2)38(35,36)19-7-4-17(5-8-19)24(32)22-23(18-6-9-20(27)21(28)16-18)31(26(34)25(22)33)11-3-10-30-12-14-37-15-13-30/h4-9,16,23,32H,3,10-15H2,1-2H3/b24-22+/t23-/m0/s1. The Hall–Kier alpha value is -2.47. The molecule has 0 bridgehead atoms. The van der Waals surface area contributed by atoms with Crippen molar-refractivity contribution in [3.8, 4) is 0 Å². The predicted molar refractivity (Wildman–Crippen MR) is 145 cm³/mol. The summed E-state index contributed by atoms with van der Waals surface area (Å²) in [5.41, 5.74) is 0.639. The first kappa shape index (κ1) is 28.5. The molecular formula is C26H29Cl2N3O6S. The Morgan fingerprint density at radius 2 is 1.68 bits per heavy atom. The van der Waals surface area contributed by atoms with Crippen LogP contribution in [0.5, 0.6) is 0 Å². The number of Topliss-reactive ketones (excluding diaryl/α,β-unsaturated/α-hetero) is 1. The van der Waals surface area contributed by atoms with Crippen LogP contribution in [0.4, 0.5) is 0 Å². The van der Waals surface area contributed by atoms with E-state index in [2.05, 4.69) is 4.90 Å². The van der Waals surface area contributed by atoms with E-state index < -0.39 is 33.5 Å². The summed E-state index contributed by atoms with van der Waals surface area (Å²) in [5.74, 6) is -1.95. The summed E-state index contributed by atoms with van der Waals surface area (Å²) in [7, 11) is -0.846. The Morgan fingerprint density at radius 1 is 1.03 bits per heavy atom. The van der Waals surface area contributed by atoms with E-state index in [0.29, 0.717) is 30.2 Å². The van der Waals surface area contributed by atoms with Crippen LogP contribution in [-0.4, -0.2) is 92.8 Å². The number of rotatable bonds is 8. The molecule has 1 amide bonds. The number of aliphatic hydroxyl groups excluding tert-OH is 1. The first-order valence-electron chi connectivity index (χ1n) is 12.1. The lowest BCUT2D eigenvalue weighted by atomic mass is 9.95. The van der Waals surface area contributed by atoms with E-state index in [-0.39, 0.29) is 27.6 Å². The number of halogens is 2. The second-order valence-corrected chi connectivity index (χ2v) is 12.3. The molecule has 38 heavy (non-hydrogen) atoms. The number of morpholine rings is 1. The molecule has 0 aromatic heterocycles. The van der Waals surface area contributed by atoms with Crippen LogP contribution in [0.15, 0.2) is 52.9 Å². The molecule has 1 N–H and O–H groups in total. The van der Waals surface area contributed by atoms with E-state index >= 15 is 0 Å². The van der Waals surface area contributed by atoms with Crippen LogP contribution in [0.1, 0.15) is 23.6 Å². The SMILES string of the molecule is CN(C)S(=O)(=O)c1ccc(/C(O)=C2\C(=O)C(=O)N(CCCN3CCOCC3)[C@H]2c2ccc(Cl)c(Cl)c2)cc1. The van der Waals surface area contributed by atoms with Crippen LogP contribution >= 0.6 is 23.2 Å². The molecule has 1 atom stereocenters. The number of carbonyl (C=O) groups is 2. The molecular weight excluding hydrogens is 553 g/mol. The molecule has 2 fully saturated rings. The molecule has 2 aliphatic rings. The van der Waals surface area contributed by atoms with Crippen molar-refractivity contribution in [1.82, 2.24) is 14.1 Å². The molecule has 4 rings (SSSR count). The number of hydrogen-bond acceptors (Lipinski definition) is 7. The number of ketones is 1. The van der Waals surface area contributed by atoms with Gasteiger partial charge in [-0.25, -0.2) is 12.7 Å². The molecule has 0 unspecified atom stereocenters. The zero-order valence-corrected chi connectivity index (χ0v) is 23.4. The maximum absolute atomic E-state index is 13.2. The summed E-state index contributed by atoms with van der Waals surface area (Å²) in [6, 6.07) is 9.43. The van der Waals surface area contributed by atoms with E-state index in [1.165, 1.54) is 43.3 Å². The van der Waals surface area contributed by atoms with E-state index in [1.807, 2.05) is 0 Å². The number of benzene rings is 2. The molecule has 2 aromatic rings. The lowest BCUT2D eigenvalue weighted by Gasteiger charge is -2.29. The van der Waals surface area contributed by atoms with Crippen LogP contribution in [0.3, 0.4) is 0 Å². The van der Waals surface area contributed by atoms with Crippen LogP contribution in [-0.2, 0) is 24.3 Å². The summed E-state index contributed by atoms with van der Waals surface area (Å²) in [6.07, 6.45) is 0.613. The summed E-state index contributed by atoms with van der Waals surface area (Å²) < 4.78 is 31.3. The lowest BCUT2D eigenvalue weighted by Crippen LogP contribution is -2.38. The van der Waals surface area contributed by atoms with E-state index in [4.69, 9.17) is 27.9 Å². The van der Waals surface area contributed by atoms with Crippen LogP contribution in [0.25, 0.3) is 5.76 Å². The van der Waals surface area contributed by atoms with Gasteiger partial charge >= 0.3 is 0 Å². The Morgan fingerprint density at radius 3 is 2.29 bits per heavy atom. The van der Waals surface area contributed by atoms with Crippen molar-refractivity contribution in [3.05, 3.63) is 69.2 Å². The van der Waals surface area contributed by atoms with Crippen molar-refractivity contribution >= 4 is 50.7 Å². The zero-order chi connectivity index (χ0) is 27.6. The summed E-state index contributed by atoms with van der Waals surface area (Å²) in [4.78, 5) is 30.1. The first-order valence-corrected chi connectivity index (χ1v) is 14.3. The Bertz CT molecular complexity index is 1360. The van der Waals surface area contributed by atoms with Gasteiger partial charge in [-0.1, -0.05) is 29.3 Å². The average molecular weight is 583 g/mol. The third-order valence-electron chi connectivity index (χ3n) is 6.68.